The largest absolute Gasteiger partial charge is 0.478 e. The van der Waals surface area contributed by atoms with Gasteiger partial charge in [-0.05, 0) is 6.92 Å². The molecule has 0 saturated heterocycles. The molecule has 0 radical (unpaired) electrons. The van der Waals surface area contributed by atoms with Gasteiger partial charge in [0, 0.05) is 18.0 Å². The van der Waals surface area contributed by atoms with E-state index in [9.17, 15) is 9.59 Å². The first kappa shape index (κ1) is 10.1. The molecule has 16 heavy (non-hydrogen) atoms. The van der Waals surface area contributed by atoms with Gasteiger partial charge in [0.2, 0.25) is 5.95 Å². The van der Waals surface area contributed by atoms with Crippen LogP contribution in [0, 0.1) is 6.92 Å². The fourth-order valence-corrected chi connectivity index (χ4v) is 1.22. The van der Waals surface area contributed by atoms with E-state index in [1.165, 1.54) is 23.1 Å². The zero-order valence-electron chi connectivity index (χ0n) is 8.34. The molecule has 0 bridgehead atoms. The van der Waals surface area contributed by atoms with Gasteiger partial charge in [-0.3, -0.25) is 9.78 Å². The molecule has 2 rings (SSSR count). The van der Waals surface area contributed by atoms with Crippen molar-refractivity contribution >= 4 is 5.97 Å². The van der Waals surface area contributed by atoms with Crippen molar-refractivity contribution in [3.8, 4) is 5.95 Å². The molecule has 0 fully saturated rings. The summed E-state index contributed by atoms with van der Waals surface area (Å²) in [5.74, 6) is -0.890. The number of carbonyl (C=O) groups is 1. The van der Waals surface area contributed by atoms with Crippen LogP contribution in [-0.4, -0.2) is 30.8 Å². The highest BCUT2D eigenvalue weighted by Gasteiger charge is 2.08. The highest BCUT2D eigenvalue weighted by atomic mass is 16.4. The fourth-order valence-electron chi connectivity index (χ4n) is 1.22. The van der Waals surface area contributed by atoms with Crippen LogP contribution in [0.1, 0.15) is 16.1 Å². The molecule has 0 aliphatic rings. The second kappa shape index (κ2) is 3.61. The van der Waals surface area contributed by atoms with Gasteiger partial charge in [0.05, 0.1) is 11.8 Å². The minimum Gasteiger partial charge on any atom is -0.478 e. The summed E-state index contributed by atoms with van der Waals surface area (Å²) in [5, 5.41) is 12.5. The Hall–Kier alpha value is -2.44. The number of aromatic nitrogens is 4. The second-order valence-electron chi connectivity index (χ2n) is 3.19. The highest BCUT2D eigenvalue weighted by Crippen LogP contribution is 2.02. The van der Waals surface area contributed by atoms with Gasteiger partial charge in [0.1, 0.15) is 0 Å². The number of hydrogen-bond acceptors (Lipinski definition) is 4. The Balaban J connectivity index is 2.50. The Morgan fingerprint density at radius 3 is 2.88 bits per heavy atom. The average molecular weight is 220 g/mol. The van der Waals surface area contributed by atoms with E-state index in [0.29, 0.717) is 5.69 Å². The molecule has 7 nitrogen and oxygen atoms in total. The monoisotopic (exact) mass is 220 g/mol. The Morgan fingerprint density at radius 1 is 1.56 bits per heavy atom. The van der Waals surface area contributed by atoms with Crippen molar-refractivity contribution in [3.05, 3.63) is 40.1 Å². The second-order valence-corrected chi connectivity index (χ2v) is 3.19. The van der Waals surface area contributed by atoms with Crippen LogP contribution in [0.4, 0.5) is 0 Å². The molecule has 2 N–H and O–H groups in total. The standard InChI is InChI=1S/C9H8N4O3/c1-5-2-7(14)12-9(11-5)13-4-6(3-10-13)8(15)16/h2-4H,1H3,(H,15,16)(H,11,12,14). The predicted molar refractivity (Wildman–Crippen MR) is 53.7 cm³/mol. The number of carboxylic acid groups (broad SMARTS) is 1. The lowest BCUT2D eigenvalue weighted by atomic mass is 10.4. The van der Waals surface area contributed by atoms with Crippen LogP contribution in [0.2, 0.25) is 0 Å². The lowest BCUT2D eigenvalue weighted by molar-refractivity contribution is 0.0697. The summed E-state index contributed by atoms with van der Waals surface area (Å²) < 4.78 is 1.21. The molecule has 2 heterocycles. The Labute approximate surface area is 89.4 Å². The molecule has 2 aromatic heterocycles. The van der Waals surface area contributed by atoms with Gasteiger partial charge in [0.15, 0.2) is 0 Å². The maximum absolute atomic E-state index is 11.2. The van der Waals surface area contributed by atoms with Gasteiger partial charge < -0.3 is 5.11 Å². The van der Waals surface area contributed by atoms with Crippen molar-refractivity contribution in [1.82, 2.24) is 19.7 Å². The number of carboxylic acids is 1. The summed E-state index contributed by atoms with van der Waals surface area (Å²) in [6, 6.07) is 1.34. The van der Waals surface area contributed by atoms with Crippen LogP contribution in [0.15, 0.2) is 23.3 Å². The number of nitrogens with zero attached hydrogens (tertiary/aromatic N) is 3. The van der Waals surface area contributed by atoms with Crippen LogP contribution in [0.5, 0.6) is 0 Å². The molecule has 0 saturated carbocycles. The van der Waals surface area contributed by atoms with Crippen LogP contribution in [-0.2, 0) is 0 Å². The average Bonchev–Trinajstić information content (AvgIpc) is 2.64. The third kappa shape index (κ3) is 1.83. The molecule has 0 aliphatic heterocycles. The molecule has 0 aliphatic carbocycles. The van der Waals surface area contributed by atoms with E-state index < -0.39 is 5.97 Å². The number of H-pyrrole nitrogens is 1. The van der Waals surface area contributed by atoms with E-state index in [1.807, 2.05) is 0 Å². The summed E-state index contributed by atoms with van der Waals surface area (Å²) >= 11 is 0. The molecule has 7 heteroatoms. The number of rotatable bonds is 2. The predicted octanol–water partition coefficient (Wildman–Crippen LogP) is -0.0378. The van der Waals surface area contributed by atoms with E-state index in [4.69, 9.17) is 5.11 Å². The Bertz CT molecular complexity index is 599. The molecular weight excluding hydrogens is 212 g/mol. The minimum absolute atomic E-state index is 0.0316. The third-order valence-electron chi connectivity index (χ3n) is 1.90. The quantitative estimate of drug-likeness (QED) is 0.739. The summed E-state index contributed by atoms with van der Waals surface area (Å²) in [6.07, 6.45) is 2.46. The van der Waals surface area contributed by atoms with Gasteiger partial charge in [-0.2, -0.15) is 5.10 Å². The van der Waals surface area contributed by atoms with Gasteiger partial charge in [-0.1, -0.05) is 0 Å². The van der Waals surface area contributed by atoms with Crippen LogP contribution in [0.25, 0.3) is 5.95 Å². The number of hydrogen-bond donors (Lipinski definition) is 2. The van der Waals surface area contributed by atoms with Crippen LogP contribution in [0.3, 0.4) is 0 Å². The zero-order chi connectivity index (χ0) is 11.7. The van der Waals surface area contributed by atoms with E-state index in [0.717, 1.165) is 0 Å². The first-order valence-electron chi connectivity index (χ1n) is 4.42. The van der Waals surface area contributed by atoms with Crippen molar-refractivity contribution in [1.29, 1.82) is 0 Å². The Kier molecular flexibility index (Phi) is 2.28. The van der Waals surface area contributed by atoms with Gasteiger partial charge in [0.25, 0.3) is 5.56 Å². The fraction of sp³-hybridized carbons (Fsp3) is 0.111. The van der Waals surface area contributed by atoms with Crippen molar-refractivity contribution in [2.45, 2.75) is 6.92 Å². The summed E-state index contributed by atoms with van der Waals surface area (Å²) in [4.78, 5) is 28.3. The third-order valence-corrected chi connectivity index (χ3v) is 1.90. The highest BCUT2D eigenvalue weighted by molar-refractivity contribution is 5.86. The molecule has 2 aromatic rings. The van der Waals surface area contributed by atoms with E-state index in [1.54, 1.807) is 6.92 Å². The molecule has 0 unspecified atom stereocenters. The molecular formula is C9H8N4O3. The van der Waals surface area contributed by atoms with Crippen molar-refractivity contribution in [2.75, 3.05) is 0 Å². The minimum atomic E-state index is -1.08. The zero-order valence-corrected chi connectivity index (χ0v) is 8.34. The lowest BCUT2D eigenvalue weighted by Gasteiger charge is -1.99. The lowest BCUT2D eigenvalue weighted by Crippen LogP contribution is -2.13. The normalized spacial score (nSPS) is 10.3. The molecule has 0 aromatic carbocycles. The van der Waals surface area contributed by atoms with Gasteiger partial charge in [-0.25, -0.2) is 14.5 Å². The van der Waals surface area contributed by atoms with Crippen LogP contribution >= 0.6 is 0 Å². The maximum atomic E-state index is 11.2. The van der Waals surface area contributed by atoms with E-state index in [2.05, 4.69) is 15.1 Å². The number of nitrogens with one attached hydrogen (secondary N) is 1. The summed E-state index contributed by atoms with van der Waals surface area (Å²) in [5.41, 5.74) is 0.255. The smallest absolute Gasteiger partial charge is 0.338 e. The summed E-state index contributed by atoms with van der Waals surface area (Å²) in [7, 11) is 0. The topological polar surface area (TPSA) is 101 Å². The number of aryl methyl sites for hydroxylation is 1. The first-order valence-corrected chi connectivity index (χ1v) is 4.42. The molecule has 0 spiro atoms. The number of aromatic carboxylic acids is 1. The first-order chi connectivity index (χ1) is 7.56. The molecule has 82 valence electrons. The molecule has 0 amide bonds. The Morgan fingerprint density at radius 2 is 2.31 bits per heavy atom. The van der Waals surface area contributed by atoms with Gasteiger partial charge in [-0.15, -0.1) is 0 Å². The van der Waals surface area contributed by atoms with Crippen LogP contribution < -0.4 is 5.56 Å². The SMILES string of the molecule is Cc1cc(=O)[nH]c(-n2cc(C(=O)O)cn2)n1. The maximum Gasteiger partial charge on any atom is 0.338 e. The van der Waals surface area contributed by atoms with E-state index in [-0.39, 0.29) is 17.1 Å². The van der Waals surface area contributed by atoms with Crippen molar-refractivity contribution < 1.29 is 9.90 Å². The molecule has 0 atom stereocenters. The van der Waals surface area contributed by atoms with E-state index >= 15 is 0 Å². The summed E-state index contributed by atoms with van der Waals surface area (Å²) in [6.45, 7) is 1.67. The number of aromatic amines is 1. The van der Waals surface area contributed by atoms with Gasteiger partial charge >= 0.3 is 5.97 Å². The van der Waals surface area contributed by atoms with Crippen molar-refractivity contribution in [2.24, 2.45) is 0 Å². The van der Waals surface area contributed by atoms with Crippen molar-refractivity contribution in [3.63, 3.8) is 0 Å².